The quantitative estimate of drug-likeness (QED) is 0.435. The number of ether oxygens (including phenoxy) is 1. The van der Waals surface area contributed by atoms with Crippen molar-refractivity contribution in [3.63, 3.8) is 0 Å². The molecule has 7 heteroatoms. The SMILES string of the molecule is O=S(CCN1CCCCC1)NCCOc1ccc2c(c1)C(C1(c3ccc(O)cc3)CCC1)NCC2. The third-order valence-electron chi connectivity index (χ3n) is 8.09. The molecule has 1 saturated heterocycles. The van der Waals surface area contributed by atoms with E-state index >= 15 is 0 Å². The standard InChI is InChI=1S/C28H39N3O3S/c32-24-8-6-23(7-9-24)28(12-4-13-28)27-26-21-25(10-5-22(26)11-14-29-27)34-19-15-30-35(33)20-18-31-16-2-1-3-17-31/h5-10,21,27,29-30,32H,1-4,11-20H2. The van der Waals surface area contributed by atoms with Crippen molar-refractivity contribution >= 4 is 11.0 Å². The summed E-state index contributed by atoms with van der Waals surface area (Å²) in [6, 6.07) is 14.5. The number of phenols is 1. The van der Waals surface area contributed by atoms with Gasteiger partial charge in [0.1, 0.15) is 18.1 Å². The van der Waals surface area contributed by atoms with E-state index in [2.05, 4.69) is 45.3 Å². The highest BCUT2D eigenvalue weighted by molar-refractivity contribution is 7.83. The van der Waals surface area contributed by atoms with Crippen LogP contribution in [-0.4, -0.2) is 59.3 Å². The third kappa shape index (κ3) is 5.74. The van der Waals surface area contributed by atoms with E-state index in [0.29, 0.717) is 24.7 Å². The van der Waals surface area contributed by atoms with E-state index in [4.69, 9.17) is 4.74 Å². The van der Waals surface area contributed by atoms with Gasteiger partial charge >= 0.3 is 0 Å². The van der Waals surface area contributed by atoms with Gasteiger partial charge in [0, 0.05) is 24.5 Å². The summed E-state index contributed by atoms with van der Waals surface area (Å²) in [5.41, 5.74) is 4.09. The van der Waals surface area contributed by atoms with E-state index < -0.39 is 11.0 Å². The van der Waals surface area contributed by atoms with Crippen LogP contribution in [0.15, 0.2) is 42.5 Å². The molecule has 2 atom stereocenters. The average Bonchev–Trinajstić information content (AvgIpc) is 2.86. The van der Waals surface area contributed by atoms with Crippen molar-refractivity contribution in [1.82, 2.24) is 14.9 Å². The molecule has 6 nitrogen and oxygen atoms in total. The van der Waals surface area contributed by atoms with Gasteiger partial charge in [-0.25, -0.2) is 8.93 Å². The van der Waals surface area contributed by atoms with Crippen molar-refractivity contribution < 1.29 is 14.1 Å². The predicted octanol–water partition coefficient (Wildman–Crippen LogP) is 3.82. The summed E-state index contributed by atoms with van der Waals surface area (Å²) in [6.45, 7) is 5.23. The minimum Gasteiger partial charge on any atom is -0.508 e. The lowest BCUT2D eigenvalue weighted by atomic mass is 9.58. The van der Waals surface area contributed by atoms with E-state index in [1.54, 1.807) is 0 Å². The Morgan fingerprint density at radius 1 is 1.09 bits per heavy atom. The number of nitrogens with one attached hydrogen (secondary N) is 2. The molecule has 0 amide bonds. The van der Waals surface area contributed by atoms with Crippen LogP contribution in [0.3, 0.4) is 0 Å². The smallest absolute Gasteiger partial charge is 0.119 e. The first-order valence-corrected chi connectivity index (χ1v) is 14.6. The van der Waals surface area contributed by atoms with Crippen LogP contribution in [0.25, 0.3) is 0 Å². The van der Waals surface area contributed by atoms with Gasteiger partial charge in [0.25, 0.3) is 0 Å². The summed E-state index contributed by atoms with van der Waals surface area (Å²) >= 11 is 0. The van der Waals surface area contributed by atoms with Gasteiger partial charge in [0.2, 0.25) is 0 Å². The molecule has 35 heavy (non-hydrogen) atoms. The van der Waals surface area contributed by atoms with Crippen LogP contribution in [0.4, 0.5) is 0 Å². The van der Waals surface area contributed by atoms with E-state index in [-0.39, 0.29) is 11.5 Å². The van der Waals surface area contributed by atoms with Gasteiger partial charge in [0.15, 0.2) is 0 Å². The molecule has 0 aromatic heterocycles. The highest BCUT2D eigenvalue weighted by Gasteiger charge is 2.47. The zero-order valence-corrected chi connectivity index (χ0v) is 21.5. The van der Waals surface area contributed by atoms with Gasteiger partial charge in [-0.1, -0.05) is 31.0 Å². The van der Waals surface area contributed by atoms with Crippen molar-refractivity contribution in [3.8, 4) is 11.5 Å². The van der Waals surface area contributed by atoms with Gasteiger partial charge < -0.3 is 20.1 Å². The molecule has 190 valence electrons. The second-order valence-corrected chi connectivity index (χ2v) is 11.6. The van der Waals surface area contributed by atoms with Gasteiger partial charge in [-0.3, -0.25) is 0 Å². The highest BCUT2D eigenvalue weighted by atomic mass is 32.2. The summed E-state index contributed by atoms with van der Waals surface area (Å²) < 4.78 is 21.5. The Kier molecular flexibility index (Phi) is 8.07. The van der Waals surface area contributed by atoms with Gasteiger partial charge in [-0.2, -0.15) is 0 Å². The molecule has 0 spiro atoms. The van der Waals surface area contributed by atoms with E-state index in [1.807, 2.05) is 12.1 Å². The molecule has 2 heterocycles. The van der Waals surface area contributed by atoms with Crippen molar-refractivity contribution in [2.24, 2.45) is 0 Å². The molecule has 3 aliphatic rings. The first-order valence-electron chi connectivity index (χ1n) is 13.3. The lowest BCUT2D eigenvalue weighted by Gasteiger charge is -2.50. The molecule has 1 aliphatic carbocycles. The Morgan fingerprint density at radius 2 is 1.89 bits per heavy atom. The van der Waals surface area contributed by atoms with Gasteiger partial charge in [-0.15, -0.1) is 0 Å². The monoisotopic (exact) mass is 497 g/mol. The molecular formula is C28H39N3O3S. The first kappa shape index (κ1) is 24.8. The number of piperidine rings is 1. The minimum atomic E-state index is -1.02. The Labute approximate surface area is 212 Å². The molecule has 1 saturated carbocycles. The van der Waals surface area contributed by atoms with Crippen LogP contribution in [0.1, 0.15) is 61.3 Å². The second kappa shape index (κ2) is 11.4. The second-order valence-electron chi connectivity index (χ2n) is 10.2. The number of hydrogen-bond acceptors (Lipinski definition) is 5. The van der Waals surface area contributed by atoms with Crippen LogP contribution in [0.2, 0.25) is 0 Å². The highest BCUT2D eigenvalue weighted by Crippen LogP contribution is 2.53. The normalized spacial score (nSPS) is 22.7. The number of benzene rings is 2. The average molecular weight is 498 g/mol. The first-order chi connectivity index (χ1) is 17.1. The predicted molar refractivity (Wildman–Crippen MR) is 141 cm³/mol. The Morgan fingerprint density at radius 3 is 2.63 bits per heavy atom. The fourth-order valence-corrected chi connectivity index (χ4v) is 6.88. The largest absolute Gasteiger partial charge is 0.508 e. The van der Waals surface area contributed by atoms with Crippen LogP contribution in [0.5, 0.6) is 11.5 Å². The molecule has 5 rings (SSSR count). The number of nitrogens with zero attached hydrogens (tertiary/aromatic N) is 1. The summed E-state index contributed by atoms with van der Waals surface area (Å²) in [7, 11) is -1.02. The molecule has 2 aliphatic heterocycles. The minimum absolute atomic E-state index is 0.0638. The van der Waals surface area contributed by atoms with Crippen LogP contribution in [0, 0.1) is 0 Å². The molecule has 2 aromatic rings. The molecule has 0 bridgehead atoms. The number of aromatic hydroxyl groups is 1. The number of fused-ring (bicyclic) bond motifs is 1. The van der Waals surface area contributed by atoms with Gasteiger partial charge in [0.05, 0.1) is 16.7 Å². The summed E-state index contributed by atoms with van der Waals surface area (Å²) in [4.78, 5) is 2.42. The molecule has 3 N–H and O–H groups in total. The molecule has 2 fully saturated rings. The van der Waals surface area contributed by atoms with Crippen LogP contribution >= 0.6 is 0 Å². The summed E-state index contributed by atoms with van der Waals surface area (Å²) in [6.07, 6.45) is 8.40. The van der Waals surface area contributed by atoms with Crippen molar-refractivity contribution in [1.29, 1.82) is 0 Å². The van der Waals surface area contributed by atoms with Crippen molar-refractivity contribution in [2.75, 3.05) is 45.1 Å². The molecule has 0 radical (unpaired) electrons. The van der Waals surface area contributed by atoms with Crippen molar-refractivity contribution in [3.05, 3.63) is 59.2 Å². The summed E-state index contributed by atoms with van der Waals surface area (Å²) in [5, 5.41) is 13.6. The van der Waals surface area contributed by atoms with E-state index in [1.165, 1.54) is 42.4 Å². The van der Waals surface area contributed by atoms with E-state index in [9.17, 15) is 9.32 Å². The zero-order chi connectivity index (χ0) is 24.1. The van der Waals surface area contributed by atoms with Crippen molar-refractivity contribution in [2.45, 2.75) is 56.4 Å². The Bertz CT molecular complexity index is 1000. The summed E-state index contributed by atoms with van der Waals surface area (Å²) in [5.74, 6) is 1.86. The van der Waals surface area contributed by atoms with Gasteiger partial charge in [-0.05, 0) is 92.7 Å². The molecular weight excluding hydrogens is 458 g/mol. The molecule has 2 aromatic carbocycles. The Balaban J connectivity index is 1.18. The third-order valence-corrected chi connectivity index (χ3v) is 9.17. The number of rotatable bonds is 10. The Hall–Kier alpha value is -1.93. The topological polar surface area (TPSA) is 73.8 Å². The number of hydrogen-bond donors (Lipinski definition) is 3. The maximum absolute atomic E-state index is 12.3. The fourth-order valence-electron chi connectivity index (χ4n) is 6.00. The lowest BCUT2D eigenvalue weighted by molar-refractivity contribution is 0.164. The fraction of sp³-hybridized carbons (Fsp3) is 0.571. The van der Waals surface area contributed by atoms with E-state index in [0.717, 1.165) is 51.2 Å². The van der Waals surface area contributed by atoms with Crippen LogP contribution in [-0.2, 0) is 22.8 Å². The number of phenolic OH excluding ortho intramolecular Hbond substituents is 1. The van der Waals surface area contributed by atoms with Crippen LogP contribution < -0.4 is 14.8 Å². The maximum atomic E-state index is 12.3. The maximum Gasteiger partial charge on any atom is 0.119 e. The lowest BCUT2D eigenvalue weighted by Crippen LogP contribution is -2.49. The molecule has 2 unspecified atom stereocenters. The zero-order valence-electron chi connectivity index (χ0n) is 20.6. The number of likely N-dealkylation sites (tertiary alicyclic amines) is 1.